The van der Waals surface area contributed by atoms with Crippen LogP contribution in [0.5, 0.6) is 0 Å². The first-order valence-electron chi connectivity index (χ1n) is 11.9. The summed E-state index contributed by atoms with van der Waals surface area (Å²) in [6, 6.07) is 10.2. The largest absolute Gasteiger partial charge is 0.342 e. The average Bonchev–Trinajstić information content (AvgIpc) is 3.44. The van der Waals surface area contributed by atoms with Crippen LogP contribution in [0.15, 0.2) is 30.3 Å². The highest BCUT2D eigenvalue weighted by atomic mass is 32.2. The first kappa shape index (κ1) is 21.7. The lowest BCUT2D eigenvalue weighted by Gasteiger charge is -2.44. The maximum absolute atomic E-state index is 13.2. The van der Waals surface area contributed by atoms with E-state index in [1.165, 1.54) is 25.7 Å². The predicted molar refractivity (Wildman–Crippen MR) is 123 cm³/mol. The van der Waals surface area contributed by atoms with Crippen molar-refractivity contribution in [1.29, 1.82) is 0 Å². The van der Waals surface area contributed by atoms with Crippen LogP contribution in [0.3, 0.4) is 0 Å². The summed E-state index contributed by atoms with van der Waals surface area (Å²) in [5.41, 5.74) is 1.12. The van der Waals surface area contributed by atoms with Crippen LogP contribution >= 0.6 is 11.8 Å². The fourth-order valence-electron chi connectivity index (χ4n) is 5.67. The van der Waals surface area contributed by atoms with E-state index in [9.17, 15) is 9.59 Å². The number of amides is 2. The topological polar surface area (TPSA) is 40.6 Å². The molecule has 2 amide bonds. The van der Waals surface area contributed by atoms with Gasteiger partial charge in [0.1, 0.15) is 0 Å². The van der Waals surface area contributed by atoms with E-state index in [4.69, 9.17) is 0 Å². The van der Waals surface area contributed by atoms with E-state index in [2.05, 4.69) is 24.0 Å². The van der Waals surface area contributed by atoms with Crippen LogP contribution in [0.2, 0.25) is 0 Å². The van der Waals surface area contributed by atoms with Crippen LogP contribution in [0.1, 0.15) is 76.2 Å². The molecular weight excluding hydrogens is 392 g/mol. The summed E-state index contributed by atoms with van der Waals surface area (Å²) in [5, 5.41) is 0. The summed E-state index contributed by atoms with van der Waals surface area (Å²) in [6.07, 6.45) is 9.71. The molecule has 0 bridgehead atoms. The Kier molecular flexibility index (Phi) is 7.07. The van der Waals surface area contributed by atoms with E-state index in [0.717, 1.165) is 62.6 Å². The molecule has 1 aliphatic carbocycles. The van der Waals surface area contributed by atoms with Gasteiger partial charge in [0.2, 0.25) is 11.8 Å². The van der Waals surface area contributed by atoms with Crippen molar-refractivity contribution in [3.63, 3.8) is 0 Å². The number of thioether (sulfide) groups is 1. The SMILES string of the molecule is CC[C@@H](C(=O)N1CCC2(CC1)SCCN2C(=O)CCC1CCCC1)c1ccccc1. The summed E-state index contributed by atoms with van der Waals surface area (Å²) in [6.45, 7) is 4.51. The van der Waals surface area contributed by atoms with Crippen molar-refractivity contribution >= 4 is 23.6 Å². The minimum absolute atomic E-state index is 0.0550. The molecule has 1 spiro atoms. The lowest BCUT2D eigenvalue weighted by atomic mass is 9.93. The van der Waals surface area contributed by atoms with Crippen molar-refractivity contribution in [1.82, 2.24) is 9.80 Å². The van der Waals surface area contributed by atoms with Crippen LogP contribution < -0.4 is 0 Å². The number of carbonyl (C=O) groups is 2. The van der Waals surface area contributed by atoms with E-state index in [0.29, 0.717) is 12.3 Å². The van der Waals surface area contributed by atoms with Gasteiger partial charge < -0.3 is 9.80 Å². The molecule has 2 heterocycles. The van der Waals surface area contributed by atoms with Gasteiger partial charge in [0.05, 0.1) is 10.8 Å². The molecule has 2 aliphatic heterocycles. The number of benzene rings is 1. The normalized spacial score (nSPS) is 22.6. The van der Waals surface area contributed by atoms with E-state index < -0.39 is 0 Å². The van der Waals surface area contributed by atoms with E-state index in [1.807, 2.05) is 34.9 Å². The Morgan fingerprint density at radius 1 is 1.10 bits per heavy atom. The molecule has 1 aromatic carbocycles. The second-order valence-corrected chi connectivity index (χ2v) is 10.7. The number of piperidine rings is 1. The standard InChI is InChI=1S/C25H36N2O2S/c1-2-22(21-10-4-3-5-11-21)24(29)26-16-14-25(15-17-26)27(18-19-30-25)23(28)13-12-20-8-6-7-9-20/h3-5,10-11,20,22H,2,6-9,12-19H2,1H3/t22-/m1/s1. The average molecular weight is 429 g/mol. The number of nitrogens with zero attached hydrogens (tertiary/aromatic N) is 2. The lowest BCUT2D eigenvalue weighted by Crippen LogP contribution is -2.54. The number of hydrogen-bond donors (Lipinski definition) is 0. The number of hydrogen-bond acceptors (Lipinski definition) is 3. The summed E-state index contributed by atoms with van der Waals surface area (Å²) in [7, 11) is 0. The van der Waals surface area contributed by atoms with Crippen LogP contribution in [0.25, 0.3) is 0 Å². The van der Waals surface area contributed by atoms with Gasteiger partial charge in [-0.15, -0.1) is 11.8 Å². The van der Waals surface area contributed by atoms with Crippen molar-refractivity contribution < 1.29 is 9.59 Å². The van der Waals surface area contributed by atoms with Gasteiger partial charge in [-0.2, -0.15) is 0 Å². The first-order chi connectivity index (χ1) is 14.6. The molecule has 3 fully saturated rings. The smallest absolute Gasteiger partial charge is 0.230 e. The van der Waals surface area contributed by atoms with Crippen LogP contribution in [0.4, 0.5) is 0 Å². The Morgan fingerprint density at radius 3 is 2.47 bits per heavy atom. The number of carbonyl (C=O) groups excluding carboxylic acids is 2. The highest BCUT2D eigenvalue weighted by molar-refractivity contribution is 8.00. The first-order valence-corrected chi connectivity index (χ1v) is 12.9. The van der Waals surface area contributed by atoms with Crippen molar-refractivity contribution in [2.45, 2.75) is 75.5 Å². The molecule has 3 aliphatic rings. The summed E-state index contributed by atoms with van der Waals surface area (Å²) in [5.74, 6) is 2.34. The van der Waals surface area contributed by atoms with Crippen LogP contribution in [-0.4, -0.2) is 51.9 Å². The molecule has 4 nitrogen and oxygen atoms in total. The lowest BCUT2D eigenvalue weighted by molar-refractivity contribution is -0.138. The van der Waals surface area contributed by atoms with Crippen molar-refractivity contribution in [3.8, 4) is 0 Å². The second-order valence-electron chi connectivity index (χ2n) is 9.23. The Balaban J connectivity index is 1.35. The molecule has 2 saturated heterocycles. The van der Waals surface area contributed by atoms with Gasteiger partial charge in [0, 0.05) is 31.8 Å². The number of likely N-dealkylation sites (tertiary alicyclic amines) is 1. The molecule has 1 saturated carbocycles. The zero-order valence-corrected chi connectivity index (χ0v) is 19.2. The molecule has 4 rings (SSSR count). The summed E-state index contributed by atoms with van der Waals surface area (Å²) in [4.78, 5) is 30.5. The fraction of sp³-hybridized carbons (Fsp3) is 0.680. The Hall–Kier alpha value is -1.49. The Labute approximate surface area is 185 Å². The molecule has 0 unspecified atom stereocenters. The van der Waals surface area contributed by atoms with Gasteiger partial charge in [-0.3, -0.25) is 9.59 Å². The predicted octanol–water partition coefficient (Wildman–Crippen LogP) is 5.04. The van der Waals surface area contributed by atoms with Crippen LogP contribution in [0, 0.1) is 5.92 Å². The van der Waals surface area contributed by atoms with Crippen molar-refractivity contribution in [3.05, 3.63) is 35.9 Å². The van der Waals surface area contributed by atoms with E-state index in [1.54, 1.807) is 0 Å². The minimum Gasteiger partial charge on any atom is -0.342 e. The van der Waals surface area contributed by atoms with Crippen LogP contribution in [-0.2, 0) is 9.59 Å². The molecule has 1 atom stereocenters. The molecule has 0 N–H and O–H groups in total. The molecule has 164 valence electrons. The molecule has 0 aromatic heterocycles. The fourth-order valence-corrected chi connectivity index (χ4v) is 7.15. The summed E-state index contributed by atoms with van der Waals surface area (Å²) >= 11 is 1.95. The molecule has 1 aromatic rings. The van der Waals surface area contributed by atoms with Crippen molar-refractivity contribution in [2.24, 2.45) is 5.92 Å². The maximum Gasteiger partial charge on any atom is 0.230 e. The van der Waals surface area contributed by atoms with Gasteiger partial charge >= 0.3 is 0 Å². The van der Waals surface area contributed by atoms with Gasteiger partial charge in [-0.25, -0.2) is 0 Å². The van der Waals surface area contributed by atoms with E-state index in [-0.39, 0.29) is 16.7 Å². The third-order valence-electron chi connectivity index (χ3n) is 7.48. The molecular formula is C25H36N2O2S. The number of rotatable bonds is 6. The minimum atomic E-state index is -0.0714. The van der Waals surface area contributed by atoms with Gasteiger partial charge in [0.15, 0.2) is 0 Å². The maximum atomic E-state index is 13.2. The third-order valence-corrected chi connectivity index (χ3v) is 9.04. The van der Waals surface area contributed by atoms with Gasteiger partial charge in [-0.1, -0.05) is 62.9 Å². The highest BCUT2D eigenvalue weighted by Gasteiger charge is 2.47. The quantitative estimate of drug-likeness (QED) is 0.637. The molecule has 30 heavy (non-hydrogen) atoms. The zero-order chi connectivity index (χ0) is 21.0. The van der Waals surface area contributed by atoms with Gasteiger partial charge in [0.25, 0.3) is 0 Å². The van der Waals surface area contributed by atoms with Gasteiger partial charge in [-0.05, 0) is 37.2 Å². The zero-order valence-electron chi connectivity index (χ0n) is 18.4. The Bertz CT molecular complexity index is 724. The van der Waals surface area contributed by atoms with Crippen molar-refractivity contribution in [2.75, 3.05) is 25.4 Å². The highest BCUT2D eigenvalue weighted by Crippen LogP contribution is 2.45. The molecule has 5 heteroatoms. The van der Waals surface area contributed by atoms with E-state index >= 15 is 0 Å². The third kappa shape index (κ3) is 4.56. The second kappa shape index (κ2) is 9.76. The monoisotopic (exact) mass is 428 g/mol. The Morgan fingerprint density at radius 2 is 1.80 bits per heavy atom. The summed E-state index contributed by atoms with van der Waals surface area (Å²) < 4.78 is 0. The molecule has 0 radical (unpaired) electrons.